The molecule has 0 saturated carbocycles. The molecule has 0 bridgehead atoms. The number of esters is 1. The average molecular weight is 423 g/mol. The Labute approximate surface area is 181 Å². The second-order valence-corrected chi connectivity index (χ2v) is 7.57. The lowest BCUT2D eigenvalue weighted by atomic mass is 10.1. The van der Waals surface area contributed by atoms with Gasteiger partial charge in [-0.15, -0.1) is 0 Å². The Morgan fingerprint density at radius 2 is 1.84 bits per heavy atom. The van der Waals surface area contributed by atoms with E-state index in [2.05, 4.69) is 5.43 Å². The second-order valence-electron chi connectivity index (χ2n) is 7.57. The Balaban J connectivity index is 2.55. The molecule has 8 nitrogen and oxygen atoms in total. The zero-order valence-corrected chi connectivity index (χ0v) is 18.2. The summed E-state index contributed by atoms with van der Waals surface area (Å²) in [6.07, 6.45) is 1.86. The minimum Gasteiger partial charge on any atom is -0.462 e. The highest BCUT2D eigenvalue weighted by Gasteiger charge is 2.27. The van der Waals surface area contributed by atoms with E-state index in [0.29, 0.717) is 5.56 Å². The van der Waals surface area contributed by atoms with E-state index in [4.69, 9.17) is 9.47 Å². The molecule has 2 rings (SSSR count). The van der Waals surface area contributed by atoms with Gasteiger partial charge in [-0.2, -0.15) is 5.26 Å². The van der Waals surface area contributed by atoms with Gasteiger partial charge in [0.05, 0.1) is 23.6 Å². The zero-order valence-electron chi connectivity index (χ0n) is 18.2. The van der Waals surface area contributed by atoms with Crippen molar-refractivity contribution in [2.75, 3.05) is 12.0 Å². The number of hydrogen-bond acceptors (Lipinski definition) is 6. The summed E-state index contributed by atoms with van der Waals surface area (Å²) in [5.74, 6) is -1.00. The van der Waals surface area contributed by atoms with E-state index < -0.39 is 17.7 Å². The highest BCUT2D eigenvalue weighted by atomic mass is 16.6. The van der Waals surface area contributed by atoms with Crippen LogP contribution in [-0.2, 0) is 9.47 Å². The average Bonchev–Trinajstić information content (AvgIpc) is 2.96. The fraction of sp³-hybridized carbons (Fsp3) is 0.304. The first-order chi connectivity index (χ1) is 14.6. The molecular weight excluding hydrogens is 398 g/mol. The molecule has 0 saturated heterocycles. The van der Waals surface area contributed by atoms with Crippen LogP contribution in [0.4, 0.5) is 4.79 Å². The molecule has 1 aromatic heterocycles. The van der Waals surface area contributed by atoms with Crippen LogP contribution < -0.4 is 5.43 Å². The molecule has 0 aliphatic heterocycles. The van der Waals surface area contributed by atoms with Crippen molar-refractivity contribution in [1.29, 1.82) is 5.26 Å². The molecule has 1 aromatic carbocycles. The lowest BCUT2D eigenvalue weighted by Gasteiger charge is -2.21. The number of rotatable bonds is 6. The Morgan fingerprint density at radius 1 is 1.19 bits per heavy atom. The van der Waals surface area contributed by atoms with E-state index in [1.807, 2.05) is 6.07 Å². The molecule has 0 atom stereocenters. The molecular formula is C23H25N3O5. The lowest BCUT2D eigenvalue weighted by Crippen LogP contribution is -2.32. The third-order valence-electron chi connectivity index (χ3n) is 4.09. The van der Waals surface area contributed by atoms with Crippen molar-refractivity contribution in [2.45, 2.75) is 40.2 Å². The van der Waals surface area contributed by atoms with Gasteiger partial charge in [0.2, 0.25) is 0 Å². The molecule has 0 aliphatic rings. The maximum atomic E-state index is 12.5. The first kappa shape index (κ1) is 23.4. The number of carbonyl (C=O) groups excluding carboxylic acids is 3. The van der Waals surface area contributed by atoms with Gasteiger partial charge in [-0.05, 0) is 46.8 Å². The van der Waals surface area contributed by atoms with E-state index in [9.17, 15) is 19.6 Å². The van der Waals surface area contributed by atoms with Crippen molar-refractivity contribution >= 4 is 23.9 Å². The third kappa shape index (κ3) is 5.82. The van der Waals surface area contributed by atoms with Gasteiger partial charge in [-0.3, -0.25) is 9.47 Å². The Bertz CT molecular complexity index is 1050. The number of ketones is 1. The van der Waals surface area contributed by atoms with E-state index in [1.54, 1.807) is 65.0 Å². The molecule has 1 amide bonds. The molecule has 2 aromatic rings. The number of amides is 1. The number of benzene rings is 1. The fourth-order valence-electron chi connectivity index (χ4n) is 2.83. The molecule has 162 valence electrons. The summed E-state index contributed by atoms with van der Waals surface area (Å²) in [5.41, 5.74) is 2.63. The van der Waals surface area contributed by atoms with Gasteiger partial charge in [0.1, 0.15) is 17.2 Å². The normalized spacial score (nSPS) is 11.1. The number of nitrogens with zero attached hydrogens (tertiary/aromatic N) is 2. The number of aromatic nitrogens is 1. The summed E-state index contributed by atoms with van der Waals surface area (Å²) in [4.78, 5) is 37.3. The van der Waals surface area contributed by atoms with Crippen LogP contribution in [0.3, 0.4) is 0 Å². The molecule has 0 fully saturated rings. The van der Waals surface area contributed by atoms with Crippen molar-refractivity contribution in [1.82, 2.24) is 4.68 Å². The summed E-state index contributed by atoms with van der Waals surface area (Å²) >= 11 is 0. The number of allylic oxidation sites excluding steroid dienone is 1. The van der Waals surface area contributed by atoms with E-state index in [1.165, 1.54) is 16.8 Å². The monoisotopic (exact) mass is 423 g/mol. The van der Waals surface area contributed by atoms with Crippen LogP contribution >= 0.6 is 0 Å². The predicted molar refractivity (Wildman–Crippen MR) is 115 cm³/mol. The van der Waals surface area contributed by atoms with Crippen LogP contribution in [0, 0.1) is 18.3 Å². The first-order valence-electron chi connectivity index (χ1n) is 9.69. The Morgan fingerprint density at radius 3 is 2.39 bits per heavy atom. The molecule has 8 heteroatoms. The Hall–Kier alpha value is -3.86. The van der Waals surface area contributed by atoms with Gasteiger partial charge in [-0.1, -0.05) is 30.3 Å². The fourth-order valence-corrected chi connectivity index (χ4v) is 2.83. The number of hydrogen-bond donors (Lipinski definition) is 1. The molecule has 1 N–H and O–H groups in total. The van der Waals surface area contributed by atoms with Crippen LogP contribution in [-0.4, -0.2) is 34.7 Å². The largest absolute Gasteiger partial charge is 0.462 e. The molecule has 0 radical (unpaired) electrons. The van der Waals surface area contributed by atoms with Gasteiger partial charge >= 0.3 is 12.1 Å². The summed E-state index contributed by atoms with van der Waals surface area (Å²) in [6, 6.07) is 10.5. The van der Waals surface area contributed by atoms with Gasteiger partial charge < -0.3 is 9.47 Å². The summed E-state index contributed by atoms with van der Waals surface area (Å²) in [7, 11) is 0. The number of ether oxygens (including phenoxy) is 2. The van der Waals surface area contributed by atoms with Crippen molar-refractivity contribution in [3.63, 3.8) is 0 Å². The molecule has 31 heavy (non-hydrogen) atoms. The molecule has 0 aliphatic carbocycles. The minimum atomic E-state index is -0.783. The highest BCUT2D eigenvalue weighted by molar-refractivity contribution is 6.07. The van der Waals surface area contributed by atoms with Crippen LogP contribution in [0.15, 0.2) is 36.4 Å². The van der Waals surface area contributed by atoms with Crippen molar-refractivity contribution in [3.05, 3.63) is 64.5 Å². The van der Waals surface area contributed by atoms with Crippen LogP contribution in [0.25, 0.3) is 6.08 Å². The van der Waals surface area contributed by atoms with Gasteiger partial charge in [-0.25, -0.2) is 15.0 Å². The number of nitriles is 1. The molecule has 0 unspecified atom stereocenters. The van der Waals surface area contributed by atoms with E-state index in [-0.39, 0.29) is 34.9 Å². The standard InChI is InChI=1S/C23H25N3O5/c1-6-30-21(28)20-15(2)26(25-22(29)31-23(3,4)5)18(17(20)14-24)12-13-19(27)16-10-8-7-9-11-16/h7-13H,6H2,1-5H3,(H,25,29)/b13-12-. The smallest absolute Gasteiger partial charge is 0.426 e. The van der Waals surface area contributed by atoms with Crippen molar-refractivity contribution in [3.8, 4) is 6.07 Å². The van der Waals surface area contributed by atoms with Crippen molar-refractivity contribution < 1.29 is 23.9 Å². The topological polar surface area (TPSA) is 110 Å². The second kappa shape index (κ2) is 9.76. The predicted octanol–water partition coefficient (Wildman–Crippen LogP) is 4.22. The summed E-state index contributed by atoms with van der Waals surface area (Å²) < 4.78 is 11.6. The van der Waals surface area contributed by atoms with Crippen LogP contribution in [0.5, 0.6) is 0 Å². The van der Waals surface area contributed by atoms with Crippen LogP contribution in [0.2, 0.25) is 0 Å². The zero-order chi connectivity index (χ0) is 23.2. The number of nitrogens with one attached hydrogen (secondary N) is 1. The highest BCUT2D eigenvalue weighted by Crippen LogP contribution is 2.24. The van der Waals surface area contributed by atoms with Gasteiger partial charge in [0, 0.05) is 5.56 Å². The molecule has 1 heterocycles. The quantitative estimate of drug-likeness (QED) is 0.423. The molecule has 0 spiro atoms. The number of carbonyl (C=O) groups is 3. The first-order valence-corrected chi connectivity index (χ1v) is 9.69. The SMILES string of the molecule is CCOC(=O)c1c(C#N)c(/C=C\C(=O)c2ccccc2)n(NC(=O)OC(C)(C)C)c1C. The van der Waals surface area contributed by atoms with Gasteiger partial charge in [0.25, 0.3) is 0 Å². The lowest BCUT2D eigenvalue weighted by molar-refractivity contribution is 0.0522. The minimum absolute atomic E-state index is 0.00668. The summed E-state index contributed by atoms with van der Waals surface area (Å²) in [5, 5.41) is 9.72. The maximum absolute atomic E-state index is 12.5. The maximum Gasteiger partial charge on any atom is 0.426 e. The third-order valence-corrected chi connectivity index (χ3v) is 4.09. The van der Waals surface area contributed by atoms with E-state index in [0.717, 1.165) is 0 Å². The van der Waals surface area contributed by atoms with Crippen molar-refractivity contribution in [2.24, 2.45) is 0 Å². The Kier molecular flexibility index (Phi) is 7.37. The van der Waals surface area contributed by atoms with Gasteiger partial charge in [0.15, 0.2) is 5.78 Å². The van der Waals surface area contributed by atoms with E-state index >= 15 is 0 Å². The van der Waals surface area contributed by atoms with Crippen LogP contribution in [0.1, 0.15) is 65.4 Å². The summed E-state index contributed by atoms with van der Waals surface area (Å²) in [6.45, 7) is 8.44.